The molecule has 2 N–H and O–H groups in total. The van der Waals surface area contributed by atoms with E-state index in [1.165, 1.54) is 19.2 Å². The Hall–Kier alpha value is -2.36. The van der Waals surface area contributed by atoms with Gasteiger partial charge in [0, 0.05) is 27.1 Å². The fourth-order valence-corrected chi connectivity index (χ4v) is 2.42. The third kappa shape index (κ3) is 4.57. The van der Waals surface area contributed by atoms with E-state index in [1.807, 2.05) is 24.3 Å². The molecule has 0 heterocycles. The Bertz CT molecular complexity index is 763. The summed E-state index contributed by atoms with van der Waals surface area (Å²) in [5.74, 6) is -0.154. The molecule has 0 saturated heterocycles. The van der Waals surface area contributed by atoms with Gasteiger partial charge in [0.15, 0.2) is 5.75 Å². The number of amides is 1. The molecule has 0 aliphatic heterocycles. The Labute approximate surface area is 152 Å². The number of anilines is 2. The largest absolute Gasteiger partial charge is 0.490 e. The van der Waals surface area contributed by atoms with Crippen molar-refractivity contribution >= 4 is 45.6 Å². The van der Waals surface area contributed by atoms with Gasteiger partial charge in [-0.05, 0) is 59.3 Å². The quantitative estimate of drug-likeness (QED) is 0.406. The molecule has 2 rings (SSSR count). The molecule has 0 bridgehead atoms. The molecule has 0 unspecified atom stereocenters. The summed E-state index contributed by atoms with van der Waals surface area (Å²) in [6.45, 7) is 1.77. The molecule has 126 valence electrons. The van der Waals surface area contributed by atoms with Crippen LogP contribution in [-0.4, -0.2) is 24.5 Å². The van der Waals surface area contributed by atoms with Gasteiger partial charge >= 0.3 is 5.69 Å². The minimum absolute atomic E-state index is 0.0827. The number of carbonyl (C=O) groups is 1. The SMILES string of the molecule is COc1cc(NC(=O)CNc2ccc(I)cc2)c(C)cc1[N+](=O)[O-]. The summed E-state index contributed by atoms with van der Waals surface area (Å²) < 4.78 is 6.12. The van der Waals surface area contributed by atoms with Crippen molar-refractivity contribution in [2.45, 2.75) is 6.92 Å². The van der Waals surface area contributed by atoms with E-state index < -0.39 is 4.92 Å². The van der Waals surface area contributed by atoms with Crippen LogP contribution >= 0.6 is 22.6 Å². The van der Waals surface area contributed by atoms with Gasteiger partial charge < -0.3 is 15.4 Å². The van der Waals surface area contributed by atoms with Crippen molar-refractivity contribution in [1.82, 2.24) is 0 Å². The maximum Gasteiger partial charge on any atom is 0.311 e. The number of benzene rings is 2. The van der Waals surface area contributed by atoms with E-state index in [1.54, 1.807) is 6.92 Å². The van der Waals surface area contributed by atoms with Crippen molar-refractivity contribution in [2.75, 3.05) is 24.3 Å². The molecule has 0 aliphatic carbocycles. The van der Waals surface area contributed by atoms with Crippen LogP contribution in [0.2, 0.25) is 0 Å². The summed E-state index contributed by atoms with van der Waals surface area (Å²) in [4.78, 5) is 22.5. The van der Waals surface area contributed by atoms with Gasteiger partial charge in [0.05, 0.1) is 18.6 Å². The number of carbonyl (C=O) groups excluding carboxylic acids is 1. The van der Waals surface area contributed by atoms with Gasteiger partial charge in [-0.25, -0.2) is 0 Å². The Morgan fingerprint density at radius 1 is 1.29 bits per heavy atom. The van der Waals surface area contributed by atoms with Crippen molar-refractivity contribution in [3.63, 3.8) is 0 Å². The van der Waals surface area contributed by atoms with Crippen molar-refractivity contribution in [2.24, 2.45) is 0 Å². The molecule has 0 spiro atoms. The lowest BCUT2D eigenvalue weighted by Crippen LogP contribution is -2.22. The second kappa shape index (κ2) is 7.95. The van der Waals surface area contributed by atoms with E-state index in [-0.39, 0.29) is 23.9 Å². The predicted octanol–water partition coefficient (Wildman–Crippen LogP) is 3.57. The van der Waals surface area contributed by atoms with Crippen molar-refractivity contribution in [3.8, 4) is 5.75 Å². The van der Waals surface area contributed by atoms with Crippen LogP contribution in [0.15, 0.2) is 36.4 Å². The Morgan fingerprint density at radius 2 is 1.96 bits per heavy atom. The van der Waals surface area contributed by atoms with E-state index in [2.05, 4.69) is 33.2 Å². The normalized spacial score (nSPS) is 10.1. The summed E-state index contributed by atoms with van der Waals surface area (Å²) >= 11 is 2.20. The maximum absolute atomic E-state index is 12.1. The topological polar surface area (TPSA) is 93.5 Å². The summed E-state index contributed by atoms with van der Waals surface area (Å²) in [5.41, 5.74) is 1.77. The summed E-state index contributed by atoms with van der Waals surface area (Å²) in [6.07, 6.45) is 0. The van der Waals surface area contributed by atoms with Crippen molar-refractivity contribution in [3.05, 3.63) is 55.6 Å². The summed E-state index contributed by atoms with van der Waals surface area (Å²) in [7, 11) is 1.35. The number of hydrogen-bond donors (Lipinski definition) is 2. The number of rotatable bonds is 6. The average molecular weight is 441 g/mol. The second-order valence-electron chi connectivity index (χ2n) is 5.00. The van der Waals surface area contributed by atoms with Crippen LogP contribution in [0.25, 0.3) is 0 Å². The fourth-order valence-electron chi connectivity index (χ4n) is 2.06. The lowest BCUT2D eigenvalue weighted by atomic mass is 10.1. The molecule has 7 nitrogen and oxygen atoms in total. The Kier molecular flexibility index (Phi) is 5.96. The number of nitrogens with one attached hydrogen (secondary N) is 2. The minimum Gasteiger partial charge on any atom is -0.490 e. The van der Waals surface area contributed by atoms with Crippen LogP contribution in [0.1, 0.15) is 5.56 Å². The molecule has 0 aliphatic rings. The lowest BCUT2D eigenvalue weighted by molar-refractivity contribution is -0.385. The number of ether oxygens (including phenoxy) is 1. The molecule has 24 heavy (non-hydrogen) atoms. The highest BCUT2D eigenvalue weighted by molar-refractivity contribution is 14.1. The van der Waals surface area contributed by atoms with E-state index in [9.17, 15) is 14.9 Å². The van der Waals surface area contributed by atoms with E-state index >= 15 is 0 Å². The van der Waals surface area contributed by atoms with E-state index in [0.29, 0.717) is 11.3 Å². The van der Waals surface area contributed by atoms with E-state index in [4.69, 9.17) is 4.74 Å². The lowest BCUT2D eigenvalue weighted by Gasteiger charge is -2.12. The number of methoxy groups -OCH3 is 1. The maximum atomic E-state index is 12.1. The Balaban J connectivity index is 2.05. The van der Waals surface area contributed by atoms with Crippen LogP contribution in [0.4, 0.5) is 17.1 Å². The van der Waals surface area contributed by atoms with Crippen molar-refractivity contribution < 1.29 is 14.5 Å². The fraction of sp³-hybridized carbons (Fsp3) is 0.188. The third-order valence-corrected chi connectivity index (χ3v) is 4.01. The summed E-state index contributed by atoms with van der Waals surface area (Å²) in [5, 5.41) is 16.7. The molecule has 0 saturated carbocycles. The first kappa shape index (κ1) is 18.0. The van der Waals surface area contributed by atoms with Crippen LogP contribution in [0.5, 0.6) is 5.75 Å². The Morgan fingerprint density at radius 3 is 2.54 bits per heavy atom. The molecule has 2 aromatic carbocycles. The highest BCUT2D eigenvalue weighted by Crippen LogP contribution is 2.32. The number of aryl methyl sites for hydroxylation is 1. The number of nitrogens with zero attached hydrogens (tertiary/aromatic N) is 1. The molecule has 0 radical (unpaired) electrons. The zero-order chi connectivity index (χ0) is 17.7. The van der Waals surface area contributed by atoms with Crippen molar-refractivity contribution in [1.29, 1.82) is 0 Å². The number of nitro benzene ring substituents is 1. The van der Waals surface area contributed by atoms with E-state index in [0.717, 1.165) is 9.26 Å². The highest BCUT2D eigenvalue weighted by atomic mass is 127. The summed E-state index contributed by atoms with van der Waals surface area (Å²) in [6, 6.07) is 10.5. The zero-order valence-electron chi connectivity index (χ0n) is 13.1. The van der Waals surface area contributed by atoms with Crippen LogP contribution in [0.3, 0.4) is 0 Å². The van der Waals surface area contributed by atoms with Crippen LogP contribution in [0, 0.1) is 20.6 Å². The first-order valence-electron chi connectivity index (χ1n) is 7.03. The van der Waals surface area contributed by atoms with Gasteiger partial charge in [-0.3, -0.25) is 14.9 Å². The average Bonchev–Trinajstić information content (AvgIpc) is 2.55. The number of nitro groups is 1. The molecule has 0 aromatic heterocycles. The number of hydrogen-bond acceptors (Lipinski definition) is 5. The smallest absolute Gasteiger partial charge is 0.311 e. The first-order valence-corrected chi connectivity index (χ1v) is 8.11. The molecule has 2 aromatic rings. The van der Waals surface area contributed by atoms with Gasteiger partial charge in [-0.1, -0.05) is 0 Å². The standard InChI is InChI=1S/C16H16IN3O4/c1-10-7-14(20(22)23)15(24-2)8-13(10)19-16(21)9-18-12-5-3-11(17)4-6-12/h3-8,18H,9H2,1-2H3,(H,19,21). The van der Waals surface area contributed by atoms with Gasteiger partial charge in [0.1, 0.15) is 0 Å². The molecular formula is C16H16IN3O4. The van der Waals surface area contributed by atoms with Gasteiger partial charge in [0.25, 0.3) is 0 Å². The van der Waals surface area contributed by atoms with Gasteiger partial charge in [-0.2, -0.15) is 0 Å². The second-order valence-corrected chi connectivity index (χ2v) is 6.25. The molecule has 0 atom stereocenters. The first-order chi connectivity index (χ1) is 11.4. The predicted molar refractivity (Wildman–Crippen MR) is 101 cm³/mol. The molecule has 0 fully saturated rings. The zero-order valence-corrected chi connectivity index (χ0v) is 15.3. The molecule has 1 amide bonds. The van der Waals surface area contributed by atoms with Gasteiger partial charge in [-0.15, -0.1) is 0 Å². The monoisotopic (exact) mass is 441 g/mol. The molecular weight excluding hydrogens is 425 g/mol. The third-order valence-electron chi connectivity index (χ3n) is 3.29. The van der Waals surface area contributed by atoms with Crippen LogP contribution in [-0.2, 0) is 4.79 Å². The number of halogens is 1. The highest BCUT2D eigenvalue weighted by Gasteiger charge is 2.18. The van der Waals surface area contributed by atoms with Gasteiger partial charge in [0.2, 0.25) is 5.91 Å². The minimum atomic E-state index is -0.518. The van der Waals surface area contributed by atoms with Crippen LogP contribution < -0.4 is 15.4 Å². The molecule has 8 heteroatoms.